The minimum Gasteiger partial charge on any atom is -0.394 e. The Kier molecular flexibility index (Phi) is 4.69. The SMILES string of the molecule is Cc1ccc(Sc2ncnc(Nc3cccc(Cl)c3)c2N)cc1. The van der Waals surface area contributed by atoms with Gasteiger partial charge in [0.2, 0.25) is 0 Å². The lowest BCUT2D eigenvalue weighted by atomic mass is 10.2. The lowest BCUT2D eigenvalue weighted by Crippen LogP contribution is -2.02. The average molecular weight is 343 g/mol. The van der Waals surface area contributed by atoms with E-state index in [1.807, 2.05) is 36.4 Å². The van der Waals surface area contributed by atoms with E-state index < -0.39 is 0 Å². The van der Waals surface area contributed by atoms with Gasteiger partial charge in [0.05, 0.1) is 0 Å². The number of nitrogens with two attached hydrogens (primary N) is 1. The molecule has 0 atom stereocenters. The third kappa shape index (κ3) is 3.94. The van der Waals surface area contributed by atoms with Crippen LogP contribution in [-0.2, 0) is 0 Å². The number of aryl methyl sites for hydroxylation is 1. The van der Waals surface area contributed by atoms with E-state index >= 15 is 0 Å². The van der Waals surface area contributed by atoms with Crippen molar-refractivity contribution in [1.29, 1.82) is 0 Å². The fourth-order valence-electron chi connectivity index (χ4n) is 1.98. The van der Waals surface area contributed by atoms with Crippen LogP contribution in [0, 0.1) is 6.92 Å². The van der Waals surface area contributed by atoms with Gasteiger partial charge in [0.1, 0.15) is 17.0 Å². The summed E-state index contributed by atoms with van der Waals surface area (Å²) in [5.41, 5.74) is 8.76. The largest absolute Gasteiger partial charge is 0.394 e. The van der Waals surface area contributed by atoms with Gasteiger partial charge in [-0.25, -0.2) is 9.97 Å². The maximum atomic E-state index is 6.21. The summed E-state index contributed by atoms with van der Waals surface area (Å²) in [4.78, 5) is 9.57. The second kappa shape index (κ2) is 6.89. The fraction of sp³-hybridized carbons (Fsp3) is 0.0588. The molecular weight excluding hydrogens is 328 g/mol. The summed E-state index contributed by atoms with van der Waals surface area (Å²) in [6.45, 7) is 2.06. The van der Waals surface area contributed by atoms with Crippen molar-refractivity contribution >= 4 is 40.6 Å². The number of nitrogens with one attached hydrogen (secondary N) is 1. The zero-order valence-electron chi connectivity index (χ0n) is 12.5. The topological polar surface area (TPSA) is 63.8 Å². The van der Waals surface area contributed by atoms with Crippen molar-refractivity contribution in [3.63, 3.8) is 0 Å². The molecule has 3 aromatic rings. The number of aromatic nitrogens is 2. The molecule has 0 saturated carbocycles. The van der Waals surface area contributed by atoms with E-state index in [1.54, 1.807) is 0 Å². The molecule has 1 aromatic heterocycles. The summed E-state index contributed by atoms with van der Waals surface area (Å²) in [6.07, 6.45) is 1.50. The molecular formula is C17H15ClN4S. The summed E-state index contributed by atoms with van der Waals surface area (Å²) >= 11 is 7.50. The van der Waals surface area contributed by atoms with Crippen molar-refractivity contribution < 1.29 is 0 Å². The van der Waals surface area contributed by atoms with E-state index in [0.717, 1.165) is 10.6 Å². The first-order valence-electron chi connectivity index (χ1n) is 6.99. The highest BCUT2D eigenvalue weighted by atomic mass is 35.5. The van der Waals surface area contributed by atoms with Gasteiger partial charge in [0.15, 0.2) is 5.82 Å². The first kappa shape index (κ1) is 15.6. The molecule has 0 spiro atoms. The summed E-state index contributed by atoms with van der Waals surface area (Å²) < 4.78 is 0. The molecule has 3 rings (SSSR count). The molecule has 0 bridgehead atoms. The zero-order chi connectivity index (χ0) is 16.2. The predicted molar refractivity (Wildman–Crippen MR) is 96.5 cm³/mol. The summed E-state index contributed by atoms with van der Waals surface area (Å²) in [6, 6.07) is 15.6. The van der Waals surface area contributed by atoms with Gasteiger partial charge in [0.25, 0.3) is 0 Å². The molecule has 0 aliphatic carbocycles. The first-order valence-corrected chi connectivity index (χ1v) is 8.19. The first-order chi connectivity index (χ1) is 11.1. The van der Waals surface area contributed by atoms with Crippen molar-refractivity contribution in [2.45, 2.75) is 16.8 Å². The fourth-order valence-corrected chi connectivity index (χ4v) is 2.97. The molecule has 0 fully saturated rings. The van der Waals surface area contributed by atoms with Crippen molar-refractivity contribution in [2.75, 3.05) is 11.1 Å². The Labute approximate surface area is 144 Å². The van der Waals surface area contributed by atoms with Crippen LogP contribution >= 0.6 is 23.4 Å². The standard InChI is InChI=1S/C17H15ClN4S/c1-11-5-7-14(8-6-11)23-17-15(19)16(20-10-21-17)22-13-4-2-3-12(18)9-13/h2-10H,19H2,1H3,(H,20,21,22). The van der Waals surface area contributed by atoms with E-state index in [2.05, 4.69) is 34.3 Å². The summed E-state index contributed by atoms with van der Waals surface area (Å²) in [5.74, 6) is 0.567. The van der Waals surface area contributed by atoms with Crippen molar-refractivity contribution in [2.24, 2.45) is 0 Å². The minimum atomic E-state index is 0.512. The molecule has 0 aliphatic heterocycles. The third-order valence-corrected chi connectivity index (χ3v) is 4.43. The van der Waals surface area contributed by atoms with E-state index in [4.69, 9.17) is 17.3 Å². The van der Waals surface area contributed by atoms with E-state index in [9.17, 15) is 0 Å². The predicted octanol–water partition coefficient (Wildman–Crippen LogP) is 4.92. The molecule has 0 aliphatic rings. The van der Waals surface area contributed by atoms with Crippen LogP contribution in [0.15, 0.2) is 64.8 Å². The summed E-state index contributed by atoms with van der Waals surface area (Å²) in [5, 5.41) is 4.54. The Morgan fingerprint density at radius 2 is 1.87 bits per heavy atom. The number of nitrogens with zero attached hydrogens (tertiary/aromatic N) is 2. The third-order valence-electron chi connectivity index (χ3n) is 3.17. The lowest BCUT2D eigenvalue weighted by Gasteiger charge is -2.11. The van der Waals surface area contributed by atoms with Crippen LogP contribution < -0.4 is 11.1 Å². The molecule has 1 heterocycles. The van der Waals surface area contributed by atoms with Crippen LogP contribution in [0.2, 0.25) is 5.02 Å². The molecule has 6 heteroatoms. The number of benzene rings is 2. The maximum absolute atomic E-state index is 6.21. The Morgan fingerprint density at radius 1 is 1.09 bits per heavy atom. The molecule has 23 heavy (non-hydrogen) atoms. The van der Waals surface area contributed by atoms with Crippen LogP contribution in [0.5, 0.6) is 0 Å². The maximum Gasteiger partial charge on any atom is 0.158 e. The van der Waals surface area contributed by atoms with Crippen LogP contribution in [0.4, 0.5) is 17.2 Å². The summed E-state index contributed by atoms with van der Waals surface area (Å²) in [7, 11) is 0. The Morgan fingerprint density at radius 3 is 2.61 bits per heavy atom. The van der Waals surface area contributed by atoms with Gasteiger partial charge < -0.3 is 11.1 Å². The Hall–Kier alpha value is -2.24. The molecule has 0 saturated heterocycles. The van der Waals surface area contributed by atoms with Gasteiger partial charge in [-0.2, -0.15) is 0 Å². The number of halogens is 1. The van der Waals surface area contributed by atoms with Gasteiger partial charge in [-0.3, -0.25) is 0 Å². The quantitative estimate of drug-likeness (QED) is 0.659. The van der Waals surface area contributed by atoms with E-state index in [0.29, 0.717) is 21.6 Å². The normalized spacial score (nSPS) is 10.5. The molecule has 2 aromatic carbocycles. The molecule has 0 amide bonds. The molecule has 116 valence electrons. The number of nitrogen functional groups attached to an aromatic ring is 1. The highest BCUT2D eigenvalue weighted by Crippen LogP contribution is 2.34. The van der Waals surface area contributed by atoms with Gasteiger partial charge in [-0.05, 0) is 37.3 Å². The van der Waals surface area contributed by atoms with E-state index in [1.165, 1.54) is 23.7 Å². The second-order valence-electron chi connectivity index (χ2n) is 4.99. The van der Waals surface area contributed by atoms with Crippen molar-refractivity contribution in [3.8, 4) is 0 Å². The van der Waals surface area contributed by atoms with Gasteiger partial charge in [0, 0.05) is 15.6 Å². The van der Waals surface area contributed by atoms with Gasteiger partial charge in [-0.1, -0.05) is 47.1 Å². The average Bonchev–Trinajstić information content (AvgIpc) is 2.53. The number of hydrogen-bond acceptors (Lipinski definition) is 5. The van der Waals surface area contributed by atoms with Crippen LogP contribution in [0.3, 0.4) is 0 Å². The molecule has 0 radical (unpaired) electrons. The zero-order valence-corrected chi connectivity index (χ0v) is 14.0. The van der Waals surface area contributed by atoms with Crippen molar-refractivity contribution in [3.05, 3.63) is 65.4 Å². The number of anilines is 3. The van der Waals surface area contributed by atoms with Crippen LogP contribution in [0.25, 0.3) is 0 Å². The van der Waals surface area contributed by atoms with E-state index in [-0.39, 0.29) is 0 Å². The molecule has 0 unspecified atom stereocenters. The van der Waals surface area contributed by atoms with Crippen molar-refractivity contribution in [1.82, 2.24) is 9.97 Å². The lowest BCUT2D eigenvalue weighted by molar-refractivity contribution is 1.06. The second-order valence-corrected chi connectivity index (χ2v) is 6.49. The number of rotatable bonds is 4. The Balaban J connectivity index is 1.84. The Bertz CT molecular complexity index is 821. The minimum absolute atomic E-state index is 0.512. The van der Waals surface area contributed by atoms with Crippen LogP contribution in [-0.4, -0.2) is 9.97 Å². The smallest absolute Gasteiger partial charge is 0.158 e. The van der Waals surface area contributed by atoms with Gasteiger partial charge in [-0.15, -0.1) is 0 Å². The van der Waals surface area contributed by atoms with Crippen LogP contribution in [0.1, 0.15) is 5.56 Å². The monoisotopic (exact) mass is 342 g/mol. The van der Waals surface area contributed by atoms with Gasteiger partial charge >= 0.3 is 0 Å². The highest BCUT2D eigenvalue weighted by molar-refractivity contribution is 7.99. The molecule has 3 N–H and O–H groups in total. The number of hydrogen-bond donors (Lipinski definition) is 2. The molecule has 4 nitrogen and oxygen atoms in total. The highest BCUT2D eigenvalue weighted by Gasteiger charge is 2.10.